The predicted molar refractivity (Wildman–Crippen MR) is 220 cm³/mol. The van der Waals surface area contributed by atoms with Crippen molar-refractivity contribution in [1.82, 2.24) is 19.9 Å². The molecule has 264 valence electrons. The molecule has 0 spiro atoms. The lowest BCUT2D eigenvalue weighted by Gasteiger charge is -2.08. The average molecular weight is 717 g/mol. The smallest absolute Gasteiger partial charge is 0.148 e. The molecule has 5 N–H and O–H groups in total. The molecule has 2 aliphatic rings. The molecule has 8 nitrogen and oxygen atoms in total. The van der Waals surface area contributed by atoms with Gasteiger partial charge in [0.25, 0.3) is 0 Å². The highest BCUT2D eigenvalue weighted by atomic mass is 16.5. The minimum atomic E-state index is 0.127. The van der Waals surface area contributed by atoms with Gasteiger partial charge in [0, 0.05) is 44.3 Å². The van der Waals surface area contributed by atoms with Crippen LogP contribution in [-0.4, -0.2) is 41.9 Å². The largest absolute Gasteiger partial charge is 0.508 e. The first-order valence-electron chi connectivity index (χ1n) is 17.6. The number of nitrogens with zero attached hydrogens (tertiary/aromatic N) is 2. The van der Waals surface area contributed by atoms with Crippen LogP contribution < -0.4 is 4.74 Å². The van der Waals surface area contributed by atoms with Crippen LogP contribution in [0.5, 0.6) is 23.0 Å². The number of phenolic OH excluding ortho intramolecular Hbond substituents is 3. The van der Waals surface area contributed by atoms with Crippen molar-refractivity contribution in [2.24, 2.45) is 0 Å². The molecular weight excluding hydrogens is 685 g/mol. The molecule has 2 aliphatic heterocycles. The summed E-state index contributed by atoms with van der Waals surface area (Å²) >= 11 is 0. The Bertz CT molecular complexity index is 2900. The summed E-state index contributed by atoms with van der Waals surface area (Å²) in [6, 6.07) is 37.1. The third-order valence-electron chi connectivity index (χ3n) is 9.60. The summed E-state index contributed by atoms with van der Waals surface area (Å²) in [4.78, 5) is 17.8. The van der Waals surface area contributed by atoms with Crippen molar-refractivity contribution in [3.63, 3.8) is 0 Å². The monoisotopic (exact) mass is 716 g/mol. The summed E-state index contributed by atoms with van der Waals surface area (Å²) in [5, 5.41) is 31.9. The Morgan fingerprint density at radius 2 is 0.818 bits per heavy atom. The van der Waals surface area contributed by atoms with Crippen LogP contribution in [0, 0.1) is 12.3 Å². The van der Waals surface area contributed by atoms with Crippen LogP contribution in [0.15, 0.2) is 121 Å². The number of rotatable bonds is 6. The molecule has 4 aromatic carbocycles. The molecule has 0 fully saturated rings. The van der Waals surface area contributed by atoms with Gasteiger partial charge >= 0.3 is 0 Å². The molecule has 5 heterocycles. The van der Waals surface area contributed by atoms with Crippen LogP contribution in [-0.2, 0) is 0 Å². The normalized spacial score (nSPS) is 11.8. The minimum absolute atomic E-state index is 0.127. The molecule has 0 saturated heterocycles. The number of aromatic hydroxyl groups is 3. The van der Waals surface area contributed by atoms with Gasteiger partial charge in [0.1, 0.15) is 29.6 Å². The number of phenols is 3. The number of aromatic nitrogens is 4. The van der Waals surface area contributed by atoms with E-state index in [1.807, 2.05) is 103 Å². The van der Waals surface area contributed by atoms with Crippen molar-refractivity contribution < 1.29 is 20.1 Å². The first-order chi connectivity index (χ1) is 26.9. The Balaban J connectivity index is 1.46. The van der Waals surface area contributed by atoms with Gasteiger partial charge < -0.3 is 30.0 Å². The Hall–Kier alpha value is -7.76. The molecule has 8 heteroatoms. The van der Waals surface area contributed by atoms with Crippen molar-refractivity contribution in [3.8, 4) is 79.8 Å². The quantitative estimate of drug-likeness (QED) is 0.109. The van der Waals surface area contributed by atoms with E-state index in [9.17, 15) is 15.3 Å². The zero-order chi connectivity index (χ0) is 37.5. The lowest BCUT2D eigenvalue weighted by atomic mass is 10.0. The molecule has 8 bridgehead atoms. The number of H-pyrrole nitrogens is 2. The van der Waals surface area contributed by atoms with E-state index in [4.69, 9.17) is 21.1 Å². The second-order valence-electron chi connectivity index (χ2n) is 13.2. The van der Waals surface area contributed by atoms with Gasteiger partial charge in [-0.05, 0) is 119 Å². The highest BCUT2D eigenvalue weighted by Crippen LogP contribution is 2.40. The van der Waals surface area contributed by atoms with Crippen molar-refractivity contribution in [2.45, 2.75) is 0 Å². The number of ether oxygens (including phenoxy) is 1. The maximum Gasteiger partial charge on any atom is 0.148 e. The topological polar surface area (TPSA) is 127 Å². The van der Waals surface area contributed by atoms with E-state index < -0.39 is 0 Å². The van der Waals surface area contributed by atoms with Gasteiger partial charge in [0.15, 0.2) is 0 Å². The predicted octanol–water partition coefficient (Wildman–Crippen LogP) is 10.5. The molecule has 0 saturated carbocycles. The Morgan fingerprint density at radius 1 is 0.473 bits per heavy atom. The van der Waals surface area contributed by atoms with Gasteiger partial charge in [0.2, 0.25) is 0 Å². The summed E-state index contributed by atoms with van der Waals surface area (Å²) in [5.41, 5.74) is 12.2. The van der Waals surface area contributed by atoms with Gasteiger partial charge in [-0.25, -0.2) is 9.97 Å². The summed E-state index contributed by atoms with van der Waals surface area (Å²) in [5.74, 6) is 3.55. The summed E-state index contributed by atoms with van der Waals surface area (Å²) in [6.45, 7) is 0.131. The Labute approximate surface area is 316 Å². The van der Waals surface area contributed by atoms with Crippen molar-refractivity contribution in [3.05, 3.63) is 144 Å². The molecule has 0 atom stereocenters. The third kappa shape index (κ3) is 6.26. The summed E-state index contributed by atoms with van der Waals surface area (Å²) in [7, 11) is 0. The lowest BCUT2D eigenvalue weighted by Crippen LogP contribution is -1.94. The van der Waals surface area contributed by atoms with Crippen molar-refractivity contribution in [2.75, 3.05) is 6.61 Å². The fourth-order valence-corrected chi connectivity index (χ4v) is 7.27. The molecule has 9 rings (SSSR count). The zero-order valence-corrected chi connectivity index (χ0v) is 29.3. The first kappa shape index (κ1) is 33.1. The number of hydrogen-bond acceptors (Lipinski definition) is 6. The number of fused-ring (bicyclic) bond motifs is 8. The maximum absolute atomic E-state index is 10.6. The van der Waals surface area contributed by atoms with Gasteiger partial charge in [-0.1, -0.05) is 54.5 Å². The first-order valence-corrected chi connectivity index (χ1v) is 17.6. The summed E-state index contributed by atoms with van der Waals surface area (Å²) in [6.07, 6.45) is 13.4. The van der Waals surface area contributed by atoms with Gasteiger partial charge in [-0.15, -0.1) is 6.42 Å². The second kappa shape index (κ2) is 13.7. The molecule has 0 amide bonds. The van der Waals surface area contributed by atoms with Crippen LogP contribution >= 0.6 is 0 Å². The third-order valence-corrected chi connectivity index (χ3v) is 9.60. The lowest BCUT2D eigenvalue weighted by molar-refractivity contribution is 0.370. The molecule has 7 aromatic rings. The molecule has 0 aliphatic carbocycles. The van der Waals surface area contributed by atoms with E-state index in [0.29, 0.717) is 28.5 Å². The van der Waals surface area contributed by atoms with Crippen LogP contribution in [0.2, 0.25) is 0 Å². The van der Waals surface area contributed by atoms with Crippen LogP contribution in [0.25, 0.3) is 90.9 Å². The number of hydrogen-bond donors (Lipinski definition) is 5. The molecule has 0 radical (unpaired) electrons. The van der Waals surface area contributed by atoms with Gasteiger partial charge in [-0.2, -0.15) is 0 Å². The fraction of sp³-hybridized carbons (Fsp3) is 0.0213. The van der Waals surface area contributed by atoms with E-state index in [1.165, 1.54) is 0 Å². The van der Waals surface area contributed by atoms with Gasteiger partial charge in [-0.3, -0.25) is 0 Å². The number of terminal acetylenes is 1. The van der Waals surface area contributed by atoms with Crippen LogP contribution in [0.1, 0.15) is 22.8 Å². The molecular formula is C47H32N4O4. The number of aromatic amines is 2. The second-order valence-corrected chi connectivity index (χ2v) is 13.2. The van der Waals surface area contributed by atoms with E-state index >= 15 is 0 Å². The highest BCUT2D eigenvalue weighted by molar-refractivity contribution is 6.00. The Morgan fingerprint density at radius 3 is 1.16 bits per heavy atom. The maximum atomic E-state index is 10.6. The van der Waals surface area contributed by atoms with Gasteiger partial charge in [0.05, 0.1) is 22.8 Å². The van der Waals surface area contributed by atoms with Crippen LogP contribution in [0.4, 0.5) is 0 Å². The van der Waals surface area contributed by atoms with Crippen molar-refractivity contribution in [1.29, 1.82) is 0 Å². The van der Waals surface area contributed by atoms with E-state index in [2.05, 4.69) is 15.9 Å². The molecule has 0 unspecified atom stereocenters. The highest BCUT2D eigenvalue weighted by Gasteiger charge is 2.19. The Kier molecular flexibility index (Phi) is 8.22. The SMILES string of the molecule is C#CCOc1cccc(-c2c3nc(c(-c4cccc(O)c4)c4ccc([nH]4)c(-c4cccc(O)c4)c4nc(c(-c5cccc(O)c5)c5ccc2[nH]5)C=C4)C=C3)c1. The average Bonchev–Trinajstić information content (AvgIpc) is 4.02. The standard InChI is InChI=1S/C47H32N4O4/c1-2-23-55-35-14-6-10-31(27-35)47-42-21-19-40(50-42)45(29-8-4-12-33(53)25-29)38-17-15-36(48-38)44(28-7-3-11-32(52)24-28)37-16-18-39(49-37)46(41-20-22-43(47)51-41)30-9-5-13-34(54)26-30/h1,3-22,24-27,48,51-54H,23H2. The van der Waals surface area contributed by atoms with Crippen LogP contribution in [0.3, 0.4) is 0 Å². The summed E-state index contributed by atoms with van der Waals surface area (Å²) < 4.78 is 5.84. The minimum Gasteiger partial charge on any atom is -0.508 e. The number of nitrogens with one attached hydrogen (secondary N) is 2. The zero-order valence-electron chi connectivity index (χ0n) is 29.3. The molecule has 3 aromatic heterocycles. The fourth-order valence-electron chi connectivity index (χ4n) is 7.27. The molecule has 55 heavy (non-hydrogen) atoms. The van der Waals surface area contributed by atoms with E-state index in [-0.39, 0.29) is 23.9 Å². The van der Waals surface area contributed by atoms with E-state index in [1.54, 1.807) is 42.5 Å². The van der Waals surface area contributed by atoms with E-state index in [0.717, 1.165) is 66.6 Å². The number of benzene rings is 4. The van der Waals surface area contributed by atoms with Crippen molar-refractivity contribution >= 4 is 46.4 Å².